The maximum atomic E-state index is 13.4. The molecule has 0 spiro atoms. The summed E-state index contributed by atoms with van der Waals surface area (Å²) in [5, 5.41) is 3.27. The summed E-state index contributed by atoms with van der Waals surface area (Å²) in [7, 11) is 0. The molecule has 31 heavy (non-hydrogen) atoms. The number of para-hydroxylation sites is 2. The number of carbonyl (C=O) groups is 1. The monoisotopic (exact) mass is 437 g/mol. The lowest BCUT2D eigenvalue weighted by Gasteiger charge is -2.15. The van der Waals surface area contributed by atoms with Crippen molar-refractivity contribution in [3.8, 4) is 5.69 Å². The number of nitrogens with zero attached hydrogens (tertiary/aromatic N) is 2. The number of rotatable bonds is 5. The van der Waals surface area contributed by atoms with Crippen molar-refractivity contribution < 1.29 is 13.6 Å². The van der Waals surface area contributed by atoms with Gasteiger partial charge in [-0.15, -0.1) is 0 Å². The molecule has 0 bridgehead atoms. The number of benzene rings is 3. The molecule has 0 fully saturated rings. The average Bonchev–Trinajstić information content (AvgIpc) is 2.72. The summed E-state index contributed by atoms with van der Waals surface area (Å²) in [4.78, 5) is 30.2. The normalized spacial score (nSPS) is 10.9. The number of halogens is 2. The number of anilines is 1. The lowest BCUT2D eigenvalue weighted by molar-refractivity contribution is -0.113. The molecule has 0 saturated carbocycles. The first-order valence-corrected chi connectivity index (χ1v) is 10.4. The van der Waals surface area contributed by atoms with Crippen LogP contribution in [0.3, 0.4) is 0 Å². The number of fused-ring (bicyclic) bond motifs is 1. The van der Waals surface area contributed by atoms with Gasteiger partial charge in [-0.1, -0.05) is 42.1 Å². The molecule has 1 aromatic heterocycles. The summed E-state index contributed by atoms with van der Waals surface area (Å²) >= 11 is 1.07. The maximum Gasteiger partial charge on any atom is 0.266 e. The van der Waals surface area contributed by atoms with Gasteiger partial charge < -0.3 is 5.32 Å². The third kappa shape index (κ3) is 4.49. The highest BCUT2D eigenvalue weighted by Crippen LogP contribution is 2.23. The predicted molar refractivity (Wildman–Crippen MR) is 118 cm³/mol. The van der Waals surface area contributed by atoms with E-state index in [1.54, 1.807) is 24.3 Å². The number of carbonyl (C=O) groups excluding carboxylic acids is 1. The summed E-state index contributed by atoms with van der Waals surface area (Å²) in [6.07, 6.45) is 0. The van der Waals surface area contributed by atoms with Crippen molar-refractivity contribution >= 4 is 34.3 Å². The number of aromatic nitrogens is 2. The SMILES string of the molecule is Cc1ccccc1-n1c(SCC(=O)Nc2cc(F)cc(F)c2)nc2ccccc2c1=O. The summed E-state index contributed by atoms with van der Waals surface area (Å²) in [5.74, 6) is -2.15. The van der Waals surface area contributed by atoms with Gasteiger partial charge in [-0.3, -0.25) is 14.2 Å². The van der Waals surface area contributed by atoms with Gasteiger partial charge in [0.25, 0.3) is 5.56 Å². The smallest absolute Gasteiger partial charge is 0.266 e. The van der Waals surface area contributed by atoms with Gasteiger partial charge in [0.15, 0.2) is 5.16 Å². The second kappa shape index (κ2) is 8.69. The van der Waals surface area contributed by atoms with Gasteiger partial charge in [0.05, 0.1) is 22.3 Å². The molecule has 0 radical (unpaired) electrons. The van der Waals surface area contributed by atoms with Gasteiger partial charge in [-0.05, 0) is 42.8 Å². The molecule has 1 heterocycles. The minimum Gasteiger partial charge on any atom is -0.325 e. The third-order valence-corrected chi connectivity index (χ3v) is 5.52. The van der Waals surface area contributed by atoms with Gasteiger partial charge in [-0.25, -0.2) is 13.8 Å². The molecule has 0 saturated heterocycles. The lowest BCUT2D eigenvalue weighted by atomic mass is 10.2. The zero-order chi connectivity index (χ0) is 22.0. The maximum absolute atomic E-state index is 13.4. The zero-order valence-corrected chi connectivity index (χ0v) is 17.2. The number of amides is 1. The Balaban J connectivity index is 1.68. The van der Waals surface area contributed by atoms with Crippen LogP contribution in [0.15, 0.2) is 76.7 Å². The van der Waals surface area contributed by atoms with Crippen LogP contribution in [0.1, 0.15) is 5.56 Å². The molecule has 4 rings (SSSR count). The Morgan fingerprint density at radius 3 is 2.45 bits per heavy atom. The van der Waals surface area contributed by atoms with Gasteiger partial charge in [0, 0.05) is 11.8 Å². The Morgan fingerprint density at radius 2 is 1.71 bits per heavy atom. The summed E-state index contributed by atoms with van der Waals surface area (Å²) in [6, 6.07) is 17.2. The van der Waals surface area contributed by atoms with Crippen LogP contribution in [0.5, 0.6) is 0 Å². The molecular weight excluding hydrogens is 420 g/mol. The van der Waals surface area contributed by atoms with Crippen molar-refractivity contribution in [3.63, 3.8) is 0 Å². The highest BCUT2D eigenvalue weighted by molar-refractivity contribution is 7.99. The van der Waals surface area contributed by atoms with E-state index in [0.717, 1.165) is 35.5 Å². The molecular formula is C23H17F2N3O2S. The number of nitrogens with one attached hydrogen (secondary N) is 1. The Kier molecular flexibility index (Phi) is 5.81. The number of hydrogen-bond acceptors (Lipinski definition) is 4. The number of thioether (sulfide) groups is 1. The van der Waals surface area contributed by atoms with Gasteiger partial charge in [-0.2, -0.15) is 0 Å². The third-order valence-electron chi connectivity index (χ3n) is 4.58. The van der Waals surface area contributed by atoms with Crippen LogP contribution in [0.4, 0.5) is 14.5 Å². The molecule has 1 amide bonds. The second-order valence-electron chi connectivity index (χ2n) is 6.83. The molecule has 0 aliphatic rings. The second-order valence-corrected chi connectivity index (χ2v) is 7.78. The summed E-state index contributed by atoms with van der Waals surface area (Å²) < 4.78 is 28.2. The van der Waals surface area contributed by atoms with E-state index in [1.807, 2.05) is 31.2 Å². The van der Waals surface area contributed by atoms with E-state index in [9.17, 15) is 18.4 Å². The van der Waals surface area contributed by atoms with E-state index in [4.69, 9.17) is 0 Å². The van der Waals surface area contributed by atoms with Crippen LogP contribution in [0.25, 0.3) is 16.6 Å². The van der Waals surface area contributed by atoms with Crippen LogP contribution in [0.2, 0.25) is 0 Å². The Labute approximate surface area is 180 Å². The molecule has 0 unspecified atom stereocenters. The first-order valence-electron chi connectivity index (χ1n) is 9.39. The molecule has 4 aromatic rings. The molecule has 5 nitrogen and oxygen atoms in total. The molecule has 156 valence electrons. The van der Waals surface area contributed by atoms with Crippen molar-refractivity contribution in [2.75, 3.05) is 11.1 Å². The molecule has 1 N–H and O–H groups in total. The first kappa shape index (κ1) is 20.7. The van der Waals surface area contributed by atoms with Crippen LogP contribution < -0.4 is 10.9 Å². The van der Waals surface area contributed by atoms with Crippen LogP contribution in [-0.2, 0) is 4.79 Å². The van der Waals surface area contributed by atoms with Crippen molar-refractivity contribution in [1.82, 2.24) is 9.55 Å². The standard InChI is InChI=1S/C23H17F2N3O2S/c1-14-6-2-5-9-20(14)28-22(30)18-7-3-4-8-19(18)27-23(28)31-13-21(29)26-17-11-15(24)10-16(25)12-17/h2-12H,13H2,1H3,(H,26,29). The van der Waals surface area contributed by atoms with Crippen molar-refractivity contribution in [1.29, 1.82) is 0 Å². The Bertz CT molecular complexity index is 1330. The minimum absolute atomic E-state index is 0.0193. The minimum atomic E-state index is -0.785. The van der Waals surface area contributed by atoms with E-state index >= 15 is 0 Å². The fourth-order valence-corrected chi connectivity index (χ4v) is 3.99. The van der Waals surface area contributed by atoms with Gasteiger partial charge >= 0.3 is 0 Å². The van der Waals surface area contributed by atoms with E-state index in [-0.39, 0.29) is 17.0 Å². The molecule has 3 aromatic carbocycles. The highest BCUT2D eigenvalue weighted by Gasteiger charge is 2.16. The van der Waals surface area contributed by atoms with E-state index in [0.29, 0.717) is 21.7 Å². The molecule has 0 aliphatic heterocycles. The topological polar surface area (TPSA) is 64.0 Å². The van der Waals surface area contributed by atoms with Crippen molar-refractivity contribution in [2.45, 2.75) is 12.1 Å². The van der Waals surface area contributed by atoms with Crippen LogP contribution in [-0.4, -0.2) is 21.2 Å². The molecule has 0 aliphatic carbocycles. The van der Waals surface area contributed by atoms with Crippen LogP contribution >= 0.6 is 11.8 Å². The van der Waals surface area contributed by atoms with Gasteiger partial charge in [0.2, 0.25) is 5.91 Å². The Morgan fingerprint density at radius 1 is 1.03 bits per heavy atom. The fraction of sp³-hybridized carbons (Fsp3) is 0.0870. The molecule has 0 atom stereocenters. The highest BCUT2D eigenvalue weighted by atomic mass is 32.2. The average molecular weight is 437 g/mol. The molecule has 8 heteroatoms. The number of aryl methyl sites for hydroxylation is 1. The van der Waals surface area contributed by atoms with Crippen LogP contribution in [0, 0.1) is 18.6 Å². The Hall–Kier alpha value is -3.52. The summed E-state index contributed by atoms with van der Waals surface area (Å²) in [6.45, 7) is 1.89. The van der Waals surface area contributed by atoms with E-state index in [1.165, 1.54) is 4.57 Å². The quantitative estimate of drug-likeness (QED) is 0.363. The number of hydrogen-bond donors (Lipinski definition) is 1. The van der Waals surface area contributed by atoms with E-state index < -0.39 is 17.5 Å². The van der Waals surface area contributed by atoms with Gasteiger partial charge in [0.1, 0.15) is 11.6 Å². The van der Waals surface area contributed by atoms with Crippen molar-refractivity contribution in [2.24, 2.45) is 0 Å². The predicted octanol–water partition coefficient (Wildman–Crippen LogP) is 4.70. The largest absolute Gasteiger partial charge is 0.325 e. The van der Waals surface area contributed by atoms with Crippen molar-refractivity contribution in [3.05, 3.63) is 94.3 Å². The zero-order valence-electron chi connectivity index (χ0n) is 16.4. The fourth-order valence-electron chi connectivity index (χ4n) is 3.19. The van der Waals surface area contributed by atoms with E-state index in [2.05, 4.69) is 10.3 Å². The lowest BCUT2D eigenvalue weighted by Crippen LogP contribution is -2.23. The first-order chi connectivity index (χ1) is 14.9. The summed E-state index contributed by atoms with van der Waals surface area (Å²) in [5.41, 5.74) is 1.84.